The summed E-state index contributed by atoms with van der Waals surface area (Å²) >= 11 is 1.32. The molecular weight excluding hydrogens is 458 g/mol. The molecular formula is C24H19N3O6S. The van der Waals surface area contributed by atoms with E-state index in [-0.39, 0.29) is 28.3 Å². The van der Waals surface area contributed by atoms with Crippen LogP contribution in [0, 0.1) is 21.4 Å². The highest BCUT2D eigenvalue weighted by Crippen LogP contribution is 2.39. The van der Waals surface area contributed by atoms with Gasteiger partial charge in [0.05, 0.1) is 23.2 Å². The van der Waals surface area contributed by atoms with Crippen molar-refractivity contribution in [1.82, 2.24) is 0 Å². The maximum absolute atomic E-state index is 12.9. The van der Waals surface area contributed by atoms with E-state index < -0.39 is 16.8 Å². The lowest BCUT2D eigenvalue weighted by molar-refractivity contribution is -0.384. The van der Waals surface area contributed by atoms with E-state index >= 15 is 0 Å². The number of carbonyl (C=O) groups is 2. The number of furan rings is 1. The summed E-state index contributed by atoms with van der Waals surface area (Å²) in [5, 5.41) is 23.9. The molecule has 0 unspecified atom stereocenters. The normalized spacial score (nSPS) is 13.0. The predicted molar refractivity (Wildman–Crippen MR) is 125 cm³/mol. The first-order valence-corrected chi connectivity index (χ1v) is 11.2. The minimum atomic E-state index is -0.699. The summed E-state index contributed by atoms with van der Waals surface area (Å²) in [6, 6.07) is 11.0. The fourth-order valence-corrected chi connectivity index (χ4v) is 5.12. The second-order valence-corrected chi connectivity index (χ2v) is 8.61. The van der Waals surface area contributed by atoms with Crippen molar-refractivity contribution in [2.75, 3.05) is 12.4 Å². The Morgan fingerprint density at radius 2 is 2.00 bits per heavy atom. The molecule has 0 saturated carbocycles. The number of esters is 1. The summed E-state index contributed by atoms with van der Waals surface area (Å²) in [4.78, 5) is 37.1. The molecule has 0 aliphatic heterocycles. The smallest absolute Gasteiger partial charge is 0.341 e. The lowest BCUT2D eigenvalue weighted by Gasteiger charge is -2.11. The van der Waals surface area contributed by atoms with Gasteiger partial charge in [-0.25, -0.2) is 4.79 Å². The predicted octanol–water partition coefficient (Wildman–Crippen LogP) is 5.13. The molecule has 0 bridgehead atoms. The van der Waals surface area contributed by atoms with Gasteiger partial charge in [0.25, 0.3) is 11.6 Å². The first kappa shape index (κ1) is 22.9. The quantitative estimate of drug-likeness (QED) is 0.171. The Labute approximate surface area is 198 Å². The number of nitrogens with zero attached hydrogens (tertiary/aromatic N) is 2. The van der Waals surface area contributed by atoms with E-state index in [2.05, 4.69) is 5.32 Å². The molecule has 0 radical (unpaired) electrons. The maximum atomic E-state index is 12.9. The first-order valence-electron chi connectivity index (χ1n) is 10.4. The average molecular weight is 477 g/mol. The third-order valence-corrected chi connectivity index (χ3v) is 6.64. The zero-order valence-corrected chi connectivity index (χ0v) is 18.9. The van der Waals surface area contributed by atoms with E-state index in [9.17, 15) is 25.0 Å². The number of para-hydroxylation sites is 1. The van der Waals surface area contributed by atoms with Crippen molar-refractivity contribution in [2.24, 2.45) is 0 Å². The topological polar surface area (TPSA) is 135 Å². The number of nitro groups is 1. The van der Waals surface area contributed by atoms with Crippen molar-refractivity contribution in [1.29, 1.82) is 5.26 Å². The number of methoxy groups -OCH3 is 1. The molecule has 172 valence electrons. The van der Waals surface area contributed by atoms with E-state index in [1.165, 1.54) is 42.7 Å². The number of aryl methyl sites for hydroxylation is 1. The number of nitriles is 1. The largest absolute Gasteiger partial charge is 0.465 e. The molecule has 0 fully saturated rings. The summed E-state index contributed by atoms with van der Waals surface area (Å²) in [5.41, 5.74) is 1.14. The van der Waals surface area contributed by atoms with Crippen LogP contribution in [0.25, 0.3) is 17.4 Å². The van der Waals surface area contributed by atoms with Gasteiger partial charge in [0.2, 0.25) is 0 Å². The number of nitrogens with one attached hydrogen (secondary N) is 1. The number of rotatable bonds is 6. The van der Waals surface area contributed by atoms with Gasteiger partial charge in [0.1, 0.15) is 28.2 Å². The molecule has 2 heterocycles. The lowest BCUT2D eigenvalue weighted by Crippen LogP contribution is -2.16. The van der Waals surface area contributed by atoms with Crippen molar-refractivity contribution < 1.29 is 23.7 Å². The third kappa shape index (κ3) is 4.46. The van der Waals surface area contributed by atoms with Crippen molar-refractivity contribution >= 4 is 40.0 Å². The monoisotopic (exact) mass is 477 g/mol. The molecule has 3 aromatic rings. The Morgan fingerprint density at radius 3 is 2.74 bits per heavy atom. The zero-order valence-electron chi connectivity index (χ0n) is 18.1. The van der Waals surface area contributed by atoms with Gasteiger partial charge in [0, 0.05) is 17.0 Å². The van der Waals surface area contributed by atoms with Crippen molar-refractivity contribution in [3.05, 3.63) is 73.8 Å². The van der Waals surface area contributed by atoms with E-state index in [1.807, 2.05) is 6.07 Å². The summed E-state index contributed by atoms with van der Waals surface area (Å²) in [5.74, 6) is -0.819. The zero-order chi connectivity index (χ0) is 24.2. The number of fused-ring (bicyclic) bond motifs is 1. The maximum Gasteiger partial charge on any atom is 0.341 e. The fourth-order valence-electron chi connectivity index (χ4n) is 3.85. The van der Waals surface area contributed by atoms with Gasteiger partial charge in [-0.05, 0) is 49.4 Å². The van der Waals surface area contributed by atoms with Crippen molar-refractivity contribution in [3.8, 4) is 17.4 Å². The van der Waals surface area contributed by atoms with E-state index in [4.69, 9.17) is 9.15 Å². The molecule has 0 atom stereocenters. The molecule has 1 aliphatic carbocycles. The van der Waals surface area contributed by atoms with Crippen molar-refractivity contribution in [3.63, 3.8) is 0 Å². The first-order chi connectivity index (χ1) is 16.4. The van der Waals surface area contributed by atoms with Crippen molar-refractivity contribution in [2.45, 2.75) is 25.7 Å². The number of carbonyl (C=O) groups excluding carboxylic acids is 2. The second kappa shape index (κ2) is 9.72. The Balaban J connectivity index is 1.61. The van der Waals surface area contributed by atoms with E-state index in [1.54, 1.807) is 18.2 Å². The third-order valence-electron chi connectivity index (χ3n) is 5.43. The number of ether oxygens (including phenoxy) is 1. The van der Waals surface area contributed by atoms with E-state index in [0.29, 0.717) is 10.6 Å². The van der Waals surface area contributed by atoms with Gasteiger partial charge in [0.15, 0.2) is 0 Å². The number of nitro benzene ring substituents is 1. The summed E-state index contributed by atoms with van der Waals surface area (Å²) < 4.78 is 10.6. The van der Waals surface area contributed by atoms with Gasteiger partial charge < -0.3 is 14.5 Å². The molecule has 0 spiro atoms. The molecule has 1 N–H and O–H groups in total. The molecule has 1 amide bonds. The van der Waals surface area contributed by atoms with Gasteiger partial charge in [-0.3, -0.25) is 14.9 Å². The molecule has 2 aromatic heterocycles. The van der Waals surface area contributed by atoms with Crippen LogP contribution in [0.4, 0.5) is 10.7 Å². The average Bonchev–Trinajstić information content (AvgIpc) is 3.46. The van der Waals surface area contributed by atoms with Crippen LogP contribution in [-0.4, -0.2) is 23.9 Å². The minimum absolute atomic E-state index is 0.123. The molecule has 10 heteroatoms. The molecule has 9 nitrogen and oxygen atoms in total. The number of benzene rings is 1. The SMILES string of the molecule is COC(=O)c1c(NC(=O)/C(C#N)=C/c2ccc(-c3ccccc3[N+](=O)[O-])o2)sc2c1CCCC2. The Bertz CT molecular complexity index is 1360. The number of anilines is 1. The molecule has 0 saturated heterocycles. The summed E-state index contributed by atoms with van der Waals surface area (Å²) in [6.07, 6.45) is 4.75. The molecule has 4 rings (SSSR count). The Hall–Kier alpha value is -4.23. The molecule has 34 heavy (non-hydrogen) atoms. The molecule has 1 aliphatic rings. The Kier molecular flexibility index (Phi) is 6.56. The van der Waals surface area contributed by atoms with Crippen LogP contribution in [0.5, 0.6) is 0 Å². The Morgan fingerprint density at radius 1 is 1.24 bits per heavy atom. The highest BCUT2D eigenvalue weighted by atomic mass is 32.1. The number of hydrogen-bond acceptors (Lipinski definition) is 8. The fraction of sp³-hybridized carbons (Fsp3) is 0.208. The van der Waals surface area contributed by atoms with Crippen LogP contribution >= 0.6 is 11.3 Å². The van der Waals surface area contributed by atoms with E-state index in [0.717, 1.165) is 36.1 Å². The molecule has 1 aromatic carbocycles. The van der Waals surface area contributed by atoms with Gasteiger partial charge in [-0.15, -0.1) is 11.3 Å². The number of hydrogen-bond donors (Lipinski definition) is 1. The van der Waals surface area contributed by atoms with Crippen LogP contribution in [0.2, 0.25) is 0 Å². The van der Waals surface area contributed by atoms with Crippen LogP contribution in [0.15, 0.2) is 46.4 Å². The minimum Gasteiger partial charge on any atom is -0.465 e. The lowest BCUT2D eigenvalue weighted by atomic mass is 9.95. The number of amides is 1. The second-order valence-electron chi connectivity index (χ2n) is 7.51. The standard InChI is InChI=1S/C24H19N3O6S/c1-32-24(29)21-17-7-3-5-9-20(17)34-23(21)26-22(28)14(13-25)12-15-10-11-19(33-15)16-6-2-4-8-18(16)27(30)31/h2,4,6,8,10-12H,3,5,7,9H2,1H3,(H,26,28)/b14-12+. The van der Waals surface area contributed by atoms with Crippen LogP contribution in [-0.2, 0) is 22.4 Å². The highest BCUT2D eigenvalue weighted by Gasteiger charge is 2.27. The van der Waals surface area contributed by atoms with Crippen LogP contribution < -0.4 is 5.32 Å². The highest BCUT2D eigenvalue weighted by molar-refractivity contribution is 7.17. The van der Waals surface area contributed by atoms with Crippen LogP contribution in [0.1, 0.15) is 39.4 Å². The summed E-state index contributed by atoms with van der Waals surface area (Å²) in [7, 11) is 1.28. The van der Waals surface area contributed by atoms with Gasteiger partial charge in [-0.2, -0.15) is 5.26 Å². The van der Waals surface area contributed by atoms with Crippen LogP contribution in [0.3, 0.4) is 0 Å². The van der Waals surface area contributed by atoms with Gasteiger partial charge >= 0.3 is 5.97 Å². The number of thiophene rings is 1. The van der Waals surface area contributed by atoms with Gasteiger partial charge in [-0.1, -0.05) is 12.1 Å². The summed E-state index contributed by atoms with van der Waals surface area (Å²) in [6.45, 7) is 0.